The molecule has 7 heteroatoms. The molecule has 0 aliphatic heterocycles. The van der Waals surface area contributed by atoms with Crippen LogP contribution in [0.15, 0.2) is 92.6 Å². The van der Waals surface area contributed by atoms with Gasteiger partial charge >= 0.3 is 0 Å². The molecule has 2 heterocycles. The second kappa shape index (κ2) is 7.98. The Hall–Kier alpha value is -3.58. The Morgan fingerprint density at radius 2 is 1.86 bits per heavy atom. The topological polar surface area (TPSA) is 87.7 Å². The zero-order valence-corrected chi connectivity index (χ0v) is 15.4. The van der Waals surface area contributed by atoms with Gasteiger partial charge in [0, 0.05) is 6.20 Å². The summed E-state index contributed by atoms with van der Waals surface area (Å²) in [6.45, 7) is 0. The van der Waals surface area contributed by atoms with Crippen LogP contribution in [-0.2, 0) is 0 Å². The maximum Gasteiger partial charge on any atom is 0.275 e. The molecule has 2 N–H and O–H groups in total. The molecule has 0 spiro atoms. The highest BCUT2D eigenvalue weighted by Gasteiger charge is 2.12. The zero-order chi connectivity index (χ0) is 19.3. The van der Waals surface area contributed by atoms with E-state index in [1.165, 1.54) is 18.0 Å². The van der Waals surface area contributed by atoms with Crippen LogP contribution in [0.1, 0.15) is 16.1 Å². The Morgan fingerprint density at radius 3 is 2.64 bits per heavy atom. The molecular weight excluding hydrogens is 374 g/mol. The summed E-state index contributed by atoms with van der Waals surface area (Å²) in [6.07, 6.45) is 3.11. The van der Waals surface area contributed by atoms with Crippen LogP contribution < -0.4 is 5.43 Å². The van der Waals surface area contributed by atoms with Crippen LogP contribution in [0.4, 0.5) is 0 Å². The number of amides is 1. The van der Waals surface area contributed by atoms with Crippen LogP contribution in [0.25, 0.3) is 10.8 Å². The molecule has 0 aliphatic rings. The quantitative estimate of drug-likeness (QED) is 0.389. The molecule has 0 atom stereocenters. The van der Waals surface area contributed by atoms with Gasteiger partial charge in [-0.05, 0) is 58.9 Å². The van der Waals surface area contributed by atoms with E-state index in [-0.39, 0.29) is 11.3 Å². The number of fused-ring (bicyclic) bond motifs is 1. The summed E-state index contributed by atoms with van der Waals surface area (Å²) < 4.78 is 5.63. The number of nitrogens with zero attached hydrogens (tertiary/aromatic N) is 2. The molecule has 0 unspecified atom stereocenters. The average molecular weight is 389 g/mol. The molecule has 28 heavy (non-hydrogen) atoms. The van der Waals surface area contributed by atoms with Gasteiger partial charge in [0.2, 0.25) is 0 Å². The third-order valence-corrected chi connectivity index (χ3v) is 4.78. The highest BCUT2D eigenvalue weighted by Crippen LogP contribution is 2.27. The molecule has 0 radical (unpaired) electrons. The first-order valence-electron chi connectivity index (χ1n) is 8.43. The number of hydrogen-bond donors (Lipinski definition) is 2. The molecule has 2 aromatic heterocycles. The number of nitrogens with one attached hydrogen (secondary N) is 1. The lowest BCUT2D eigenvalue weighted by atomic mass is 10.1. The number of carbonyl (C=O) groups is 1. The van der Waals surface area contributed by atoms with Gasteiger partial charge in [0.15, 0.2) is 5.09 Å². The van der Waals surface area contributed by atoms with Crippen LogP contribution in [0.3, 0.4) is 0 Å². The van der Waals surface area contributed by atoms with E-state index in [0.29, 0.717) is 10.9 Å². The molecule has 4 aromatic rings. The van der Waals surface area contributed by atoms with Crippen LogP contribution >= 0.6 is 11.8 Å². The molecule has 4 rings (SSSR count). The molecule has 1 amide bonds. The van der Waals surface area contributed by atoms with Crippen molar-refractivity contribution in [2.75, 3.05) is 0 Å². The van der Waals surface area contributed by atoms with Crippen molar-refractivity contribution < 1.29 is 14.3 Å². The van der Waals surface area contributed by atoms with Crippen LogP contribution in [0.2, 0.25) is 0 Å². The molecule has 0 bridgehead atoms. The van der Waals surface area contributed by atoms with E-state index in [1.54, 1.807) is 30.5 Å². The molecule has 2 aromatic carbocycles. The first-order valence-corrected chi connectivity index (χ1v) is 9.24. The summed E-state index contributed by atoms with van der Waals surface area (Å²) in [6, 6.07) is 19.9. The number of hydrazone groups is 1. The molecule has 0 saturated carbocycles. The van der Waals surface area contributed by atoms with E-state index in [1.807, 2.05) is 42.5 Å². The van der Waals surface area contributed by atoms with Gasteiger partial charge in [-0.3, -0.25) is 4.79 Å². The number of phenolic OH excluding ortho intramolecular Hbond substituents is 1. The Labute approximate surface area is 164 Å². The number of carbonyl (C=O) groups excluding carboxylic acids is 1. The lowest BCUT2D eigenvalue weighted by molar-refractivity contribution is 0.0952. The van der Waals surface area contributed by atoms with Crippen molar-refractivity contribution in [2.24, 2.45) is 5.10 Å². The van der Waals surface area contributed by atoms with E-state index in [2.05, 4.69) is 15.5 Å². The maximum atomic E-state index is 12.3. The first kappa shape index (κ1) is 17.8. The van der Waals surface area contributed by atoms with Gasteiger partial charge in [-0.15, -0.1) is 0 Å². The predicted molar refractivity (Wildman–Crippen MR) is 108 cm³/mol. The normalized spacial score (nSPS) is 11.1. The molecule has 0 aliphatic carbocycles. The summed E-state index contributed by atoms with van der Waals surface area (Å²) in [4.78, 5) is 16.5. The Balaban J connectivity index is 1.42. The van der Waals surface area contributed by atoms with E-state index in [9.17, 15) is 9.90 Å². The molecule has 138 valence electrons. The number of benzene rings is 2. The molecule has 0 fully saturated rings. The third-order valence-electron chi connectivity index (χ3n) is 3.91. The maximum absolute atomic E-state index is 12.3. The predicted octanol–water partition coefficient (Wildman–Crippen LogP) is 4.45. The Bertz CT molecular complexity index is 1160. The van der Waals surface area contributed by atoms with Crippen molar-refractivity contribution in [3.63, 3.8) is 0 Å². The van der Waals surface area contributed by atoms with Gasteiger partial charge < -0.3 is 9.52 Å². The monoisotopic (exact) mass is 389 g/mol. The van der Waals surface area contributed by atoms with Crippen molar-refractivity contribution in [1.82, 2.24) is 10.4 Å². The fraction of sp³-hybridized carbons (Fsp3) is 0. The van der Waals surface area contributed by atoms with Crippen molar-refractivity contribution in [1.29, 1.82) is 0 Å². The minimum atomic E-state index is -0.505. The number of hydrogen-bond acceptors (Lipinski definition) is 6. The van der Waals surface area contributed by atoms with Crippen molar-refractivity contribution in [3.05, 3.63) is 84.3 Å². The molecule has 0 saturated heterocycles. The van der Waals surface area contributed by atoms with Crippen molar-refractivity contribution in [2.45, 2.75) is 10.1 Å². The summed E-state index contributed by atoms with van der Waals surface area (Å²) in [5.41, 5.74) is 2.56. The second-order valence-corrected chi connectivity index (χ2v) is 6.87. The minimum Gasteiger partial charge on any atom is -0.507 e. The number of aromatic nitrogens is 1. The first-order chi connectivity index (χ1) is 13.7. The largest absolute Gasteiger partial charge is 0.507 e. The van der Waals surface area contributed by atoms with E-state index < -0.39 is 5.91 Å². The fourth-order valence-electron chi connectivity index (χ4n) is 2.59. The van der Waals surface area contributed by atoms with Crippen molar-refractivity contribution in [3.8, 4) is 5.75 Å². The number of aromatic hydroxyl groups is 1. The highest BCUT2D eigenvalue weighted by molar-refractivity contribution is 7.99. The minimum absolute atomic E-state index is 0.0987. The summed E-state index contributed by atoms with van der Waals surface area (Å²) in [5.74, 6) is -0.117. The van der Waals surface area contributed by atoms with Gasteiger partial charge in [0.05, 0.1) is 11.8 Å². The van der Waals surface area contributed by atoms with Crippen LogP contribution in [0.5, 0.6) is 5.75 Å². The van der Waals surface area contributed by atoms with E-state index in [4.69, 9.17) is 4.42 Å². The molecule has 6 nitrogen and oxygen atoms in total. The Morgan fingerprint density at radius 1 is 1.07 bits per heavy atom. The zero-order valence-electron chi connectivity index (χ0n) is 14.6. The molecular formula is C21H15N3O3S. The van der Waals surface area contributed by atoms with E-state index >= 15 is 0 Å². The van der Waals surface area contributed by atoms with Gasteiger partial charge in [-0.2, -0.15) is 5.10 Å². The summed E-state index contributed by atoms with van der Waals surface area (Å²) in [5, 5.41) is 17.2. The van der Waals surface area contributed by atoms with Gasteiger partial charge in [0.1, 0.15) is 16.5 Å². The SMILES string of the molecule is O=C(NN=Cc1ccc(Sc2ccccn2)o1)c1cc2ccccc2cc1O. The van der Waals surface area contributed by atoms with Gasteiger partial charge in [0.25, 0.3) is 5.91 Å². The second-order valence-electron chi connectivity index (χ2n) is 5.84. The highest BCUT2D eigenvalue weighted by atomic mass is 32.2. The average Bonchev–Trinajstić information content (AvgIpc) is 3.15. The summed E-state index contributed by atoms with van der Waals surface area (Å²) >= 11 is 1.39. The standard InChI is InChI=1S/C21H15N3O3S/c25-18-12-15-6-2-1-5-14(15)11-17(18)21(26)24-23-13-16-8-9-20(27-16)28-19-7-3-4-10-22-19/h1-13,25H,(H,24,26). The van der Waals surface area contributed by atoms with Crippen LogP contribution in [-0.4, -0.2) is 22.2 Å². The van der Waals surface area contributed by atoms with Gasteiger partial charge in [-0.25, -0.2) is 10.4 Å². The number of phenols is 1. The third kappa shape index (κ3) is 4.05. The summed E-state index contributed by atoms with van der Waals surface area (Å²) in [7, 11) is 0. The lowest BCUT2D eigenvalue weighted by Crippen LogP contribution is -2.17. The van der Waals surface area contributed by atoms with Crippen molar-refractivity contribution >= 4 is 34.7 Å². The van der Waals surface area contributed by atoms with Crippen LogP contribution in [0, 0.1) is 0 Å². The lowest BCUT2D eigenvalue weighted by Gasteiger charge is -2.05. The fourth-order valence-corrected chi connectivity index (χ4v) is 3.33. The number of furan rings is 1. The van der Waals surface area contributed by atoms with Gasteiger partial charge in [-0.1, -0.05) is 30.3 Å². The van der Waals surface area contributed by atoms with E-state index in [0.717, 1.165) is 15.8 Å². The number of rotatable bonds is 5. The smallest absolute Gasteiger partial charge is 0.275 e. The number of pyridine rings is 1. The Kier molecular flexibility index (Phi) is 5.07.